The van der Waals surface area contributed by atoms with Crippen LogP contribution in [0.4, 0.5) is 0 Å². The van der Waals surface area contributed by atoms with E-state index < -0.39 is 10.0 Å². The maximum Gasteiger partial charge on any atom is 0.213 e. The summed E-state index contributed by atoms with van der Waals surface area (Å²) in [6.45, 7) is 0.714. The van der Waals surface area contributed by atoms with E-state index in [1.54, 1.807) is 11.4 Å². The lowest BCUT2D eigenvalue weighted by Gasteiger charge is -2.26. The Kier molecular flexibility index (Phi) is 4.37. The van der Waals surface area contributed by atoms with Crippen molar-refractivity contribution in [3.8, 4) is 0 Å². The highest BCUT2D eigenvalue weighted by Crippen LogP contribution is 2.48. The Hall–Kier alpha value is 0.200. The van der Waals surface area contributed by atoms with Gasteiger partial charge in [0.25, 0.3) is 0 Å². The fourth-order valence-corrected chi connectivity index (χ4v) is 4.97. The van der Waals surface area contributed by atoms with Crippen molar-refractivity contribution in [1.82, 2.24) is 4.31 Å². The minimum atomic E-state index is -3.08. The quantitative estimate of drug-likeness (QED) is 0.700. The molecule has 5 heteroatoms. The fourth-order valence-electron chi connectivity index (χ4n) is 3.44. The molecule has 0 amide bonds. The maximum atomic E-state index is 12.0. The molecule has 2 bridgehead atoms. The molecule has 0 N–H and O–H groups in total. The van der Waals surface area contributed by atoms with E-state index in [0.717, 1.165) is 11.8 Å². The second-order valence-electron chi connectivity index (χ2n) is 5.57. The molecule has 2 saturated carbocycles. The van der Waals surface area contributed by atoms with Crippen LogP contribution in [0.15, 0.2) is 0 Å². The van der Waals surface area contributed by atoms with Crippen molar-refractivity contribution < 1.29 is 8.42 Å². The van der Waals surface area contributed by atoms with Gasteiger partial charge in [0, 0.05) is 19.5 Å². The van der Waals surface area contributed by atoms with E-state index in [-0.39, 0.29) is 5.75 Å². The van der Waals surface area contributed by atoms with Crippen molar-refractivity contribution in [3.05, 3.63) is 0 Å². The van der Waals surface area contributed by atoms with Gasteiger partial charge in [-0.2, -0.15) is 0 Å². The van der Waals surface area contributed by atoms with Crippen LogP contribution in [0.1, 0.15) is 32.1 Å². The molecule has 0 heterocycles. The van der Waals surface area contributed by atoms with Crippen LogP contribution < -0.4 is 0 Å². The maximum absolute atomic E-state index is 12.0. The summed E-state index contributed by atoms with van der Waals surface area (Å²) in [6, 6.07) is 0. The number of sulfonamides is 1. The average Bonchev–Trinajstić information content (AvgIpc) is 2.88. The predicted octanol–water partition coefficient (Wildman–Crippen LogP) is 2.31. The average molecular weight is 280 g/mol. The highest BCUT2D eigenvalue weighted by Gasteiger charge is 2.40. The molecule has 2 fully saturated rings. The Morgan fingerprint density at radius 1 is 1.29 bits per heavy atom. The summed E-state index contributed by atoms with van der Waals surface area (Å²) in [5.74, 6) is 2.87. The second kappa shape index (κ2) is 5.45. The highest BCUT2D eigenvalue weighted by atomic mass is 35.5. The zero-order chi connectivity index (χ0) is 12.5. The van der Waals surface area contributed by atoms with Crippen molar-refractivity contribution >= 4 is 21.6 Å². The van der Waals surface area contributed by atoms with Crippen LogP contribution in [0.5, 0.6) is 0 Å². The van der Waals surface area contributed by atoms with Crippen molar-refractivity contribution in [1.29, 1.82) is 0 Å². The molecule has 17 heavy (non-hydrogen) atoms. The SMILES string of the molecule is CN(CC1CC2CCC1C2)S(=O)(=O)CCCCl. The first-order valence-electron chi connectivity index (χ1n) is 6.53. The number of alkyl halides is 1. The molecule has 100 valence electrons. The van der Waals surface area contributed by atoms with Crippen molar-refractivity contribution in [2.24, 2.45) is 17.8 Å². The minimum absolute atomic E-state index is 0.188. The predicted molar refractivity (Wildman–Crippen MR) is 70.7 cm³/mol. The normalized spacial score (nSPS) is 32.5. The van der Waals surface area contributed by atoms with Gasteiger partial charge < -0.3 is 0 Å². The molecule has 3 nitrogen and oxygen atoms in total. The summed E-state index contributed by atoms with van der Waals surface area (Å²) >= 11 is 5.55. The van der Waals surface area contributed by atoms with Crippen molar-refractivity contribution in [3.63, 3.8) is 0 Å². The van der Waals surface area contributed by atoms with Crippen LogP contribution in [0.3, 0.4) is 0 Å². The number of fused-ring (bicyclic) bond motifs is 2. The van der Waals surface area contributed by atoms with E-state index in [1.807, 2.05) is 0 Å². The Balaban J connectivity index is 1.86. The molecule has 0 aromatic rings. The van der Waals surface area contributed by atoms with Gasteiger partial charge in [0.2, 0.25) is 10.0 Å². The van der Waals surface area contributed by atoms with E-state index in [4.69, 9.17) is 11.6 Å². The molecule has 0 aromatic carbocycles. The van der Waals surface area contributed by atoms with Gasteiger partial charge in [-0.3, -0.25) is 0 Å². The summed E-state index contributed by atoms with van der Waals surface area (Å²) in [7, 11) is -1.36. The van der Waals surface area contributed by atoms with Crippen LogP contribution >= 0.6 is 11.6 Å². The molecule has 0 radical (unpaired) electrons. The number of nitrogens with zero attached hydrogens (tertiary/aromatic N) is 1. The Morgan fingerprint density at radius 2 is 2.06 bits per heavy atom. The van der Waals surface area contributed by atoms with Crippen LogP contribution in [-0.2, 0) is 10.0 Å². The zero-order valence-corrected chi connectivity index (χ0v) is 12.0. The van der Waals surface area contributed by atoms with Crippen LogP contribution in [0.2, 0.25) is 0 Å². The Bertz CT molecular complexity index is 358. The number of hydrogen-bond acceptors (Lipinski definition) is 2. The van der Waals surface area contributed by atoms with Gasteiger partial charge in [0.1, 0.15) is 0 Å². The molecule has 3 atom stereocenters. The molecular weight excluding hydrogens is 258 g/mol. The fraction of sp³-hybridized carbons (Fsp3) is 1.00. The topological polar surface area (TPSA) is 37.4 Å². The van der Waals surface area contributed by atoms with Gasteiger partial charge >= 0.3 is 0 Å². The van der Waals surface area contributed by atoms with Gasteiger partial charge in [-0.15, -0.1) is 11.6 Å². The van der Waals surface area contributed by atoms with Crippen molar-refractivity contribution in [2.45, 2.75) is 32.1 Å². The molecular formula is C12H22ClNO2S. The summed E-state index contributed by atoms with van der Waals surface area (Å²) in [5, 5.41) is 0. The lowest BCUT2D eigenvalue weighted by molar-refractivity contribution is 0.280. The molecule has 0 aliphatic heterocycles. The van der Waals surface area contributed by atoms with Gasteiger partial charge in [0.05, 0.1) is 5.75 Å². The first-order chi connectivity index (χ1) is 8.03. The first-order valence-corrected chi connectivity index (χ1v) is 8.67. The summed E-state index contributed by atoms with van der Waals surface area (Å²) in [6.07, 6.45) is 5.79. The van der Waals surface area contributed by atoms with E-state index >= 15 is 0 Å². The standard InChI is InChI=1S/C12H22ClNO2S/c1-14(17(15,16)6-2-5-13)9-12-8-10-3-4-11(12)7-10/h10-12H,2-9H2,1H3. The van der Waals surface area contributed by atoms with E-state index in [2.05, 4.69) is 0 Å². The molecule has 2 rings (SSSR count). The molecule has 2 aliphatic rings. The third kappa shape index (κ3) is 3.15. The van der Waals surface area contributed by atoms with Gasteiger partial charge in [-0.1, -0.05) is 6.42 Å². The number of hydrogen-bond donors (Lipinski definition) is 0. The third-order valence-electron chi connectivity index (χ3n) is 4.39. The number of halogens is 1. The second-order valence-corrected chi connectivity index (χ2v) is 8.15. The van der Waals surface area contributed by atoms with Crippen LogP contribution in [0, 0.1) is 17.8 Å². The van der Waals surface area contributed by atoms with E-state index in [0.29, 0.717) is 24.8 Å². The highest BCUT2D eigenvalue weighted by molar-refractivity contribution is 7.89. The van der Waals surface area contributed by atoms with Gasteiger partial charge in [0.15, 0.2) is 0 Å². The Morgan fingerprint density at radius 3 is 2.59 bits per heavy atom. The summed E-state index contributed by atoms with van der Waals surface area (Å²) in [5.41, 5.74) is 0. The Labute approximate surface area is 110 Å². The third-order valence-corrected chi connectivity index (χ3v) is 6.56. The minimum Gasteiger partial charge on any atom is -0.212 e. The van der Waals surface area contributed by atoms with Crippen LogP contribution in [0.25, 0.3) is 0 Å². The summed E-state index contributed by atoms with van der Waals surface area (Å²) in [4.78, 5) is 0. The molecule has 2 aliphatic carbocycles. The number of rotatable bonds is 6. The summed E-state index contributed by atoms with van der Waals surface area (Å²) < 4.78 is 25.5. The molecule has 0 aromatic heterocycles. The molecule has 0 saturated heterocycles. The first kappa shape index (κ1) is 13.6. The van der Waals surface area contributed by atoms with Gasteiger partial charge in [-0.25, -0.2) is 12.7 Å². The smallest absolute Gasteiger partial charge is 0.212 e. The van der Waals surface area contributed by atoms with E-state index in [1.165, 1.54) is 25.7 Å². The molecule has 0 spiro atoms. The molecule has 3 unspecified atom stereocenters. The lowest BCUT2D eigenvalue weighted by atomic mass is 9.89. The van der Waals surface area contributed by atoms with Crippen LogP contribution in [-0.4, -0.2) is 37.9 Å². The largest absolute Gasteiger partial charge is 0.213 e. The zero-order valence-electron chi connectivity index (χ0n) is 10.4. The lowest BCUT2D eigenvalue weighted by Crippen LogP contribution is -2.35. The monoisotopic (exact) mass is 279 g/mol. The van der Waals surface area contributed by atoms with Crippen molar-refractivity contribution in [2.75, 3.05) is 25.2 Å². The van der Waals surface area contributed by atoms with Gasteiger partial charge in [-0.05, 0) is 43.4 Å². The van der Waals surface area contributed by atoms with E-state index in [9.17, 15) is 8.42 Å².